The highest BCUT2D eigenvalue weighted by atomic mass is 32.2. The van der Waals surface area contributed by atoms with Crippen LogP contribution in [0.1, 0.15) is 33.2 Å². The van der Waals surface area contributed by atoms with Crippen molar-refractivity contribution in [3.05, 3.63) is 83.2 Å². The molecule has 0 atom stereocenters. The van der Waals surface area contributed by atoms with Gasteiger partial charge in [-0.05, 0) is 48.9 Å². The van der Waals surface area contributed by atoms with E-state index in [0.29, 0.717) is 28.4 Å². The van der Waals surface area contributed by atoms with Gasteiger partial charge in [-0.15, -0.1) is 0 Å². The molecule has 0 spiro atoms. The van der Waals surface area contributed by atoms with Crippen LogP contribution in [0.15, 0.2) is 68.5 Å². The first-order valence-electron chi connectivity index (χ1n) is 9.54. The van der Waals surface area contributed by atoms with Crippen molar-refractivity contribution in [3.8, 4) is 0 Å². The van der Waals surface area contributed by atoms with Crippen molar-refractivity contribution in [3.63, 3.8) is 0 Å². The number of methoxy groups -OCH3 is 1. The quantitative estimate of drug-likeness (QED) is 0.373. The van der Waals surface area contributed by atoms with Gasteiger partial charge in [-0.2, -0.15) is 0 Å². The number of carbonyl (C=O) groups is 2. The van der Waals surface area contributed by atoms with Crippen LogP contribution in [0.4, 0.5) is 0 Å². The van der Waals surface area contributed by atoms with E-state index in [0.717, 1.165) is 0 Å². The number of hydrogen-bond acceptors (Lipinski definition) is 7. The van der Waals surface area contributed by atoms with Crippen molar-refractivity contribution in [1.82, 2.24) is 10.0 Å². The van der Waals surface area contributed by atoms with E-state index < -0.39 is 16.0 Å². The highest BCUT2D eigenvalue weighted by Crippen LogP contribution is 2.16. The number of benzene rings is 1. The highest BCUT2D eigenvalue weighted by Gasteiger charge is 2.16. The van der Waals surface area contributed by atoms with Crippen LogP contribution in [-0.2, 0) is 32.6 Å². The predicted molar refractivity (Wildman–Crippen MR) is 115 cm³/mol. The van der Waals surface area contributed by atoms with Gasteiger partial charge in [0.15, 0.2) is 0 Å². The van der Waals surface area contributed by atoms with E-state index in [1.54, 1.807) is 37.3 Å². The molecule has 0 unspecified atom stereocenters. The molecule has 0 saturated heterocycles. The van der Waals surface area contributed by atoms with Crippen LogP contribution < -0.4 is 10.0 Å². The first kappa shape index (κ1) is 23.0. The van der Waals surface area contributed by atoms with E-state index in [4.69, 9.17) is 8.83 Å². The lowest BCUT2D eigenvalue weighted by atomic mass is 10.2. The van der Waals surface area contributed by atoms with Crippen molar-refractivity contribution in [2.75, 3.05) is 7.11 Å². The predicted octanol–water partition coefficient (Wildman–Crippen LogP) is 2.78. The SMILES string of the molecule is COC(=O)c1cc(CNC(=O)/C=C/c2ccc(S(=O)(=O)NCc3ccco3)cc2)oc1C. The molecule has 0 radical (unpaired) electrons. The van der Waals surface area contributed by atoms with Gasteiger partial charge in [-0.25, -0.2) is 17.9 Å². The van der Waals surface area contributed by atoms with E-state index >= 15 is 0 Å². The number of furan rings is 2. The molecule has 168 valence electrons. The smallest absolute Gasteiger partial charge is 0.341 e. The number of ether oxygens (including phenoxy) is 1. The molecule has 0 fully saturated rings. The maximum Gasteiger partial charge on any atom is 0.341 e. The molecule has 3 aromatic rings. The molecule has 9 nitrogen and oxygen atoms in total. The van der Waals surface area contributed by atoms with E-state index in [9.17, 15) is 18.0 Å². The third-order valence-electron chi connectivity index (χ3n) is 4.45. The first-order chi connectivity index (χ1) is 15.3. The van der Waals surface area contributed by atoms with Crippen molar-refractivity contribution < 1.29 is 31.6 Å². The average Bonchev–Trinajstić information content (AvgIpc) is 3.44. The van der Waals surface area contributed by atoms with Gasteiger partial charge in [0.25, 0.3) is 0 Å². The fraction of sp³-hybridized carbons (Fsp3) is 0.182. The van der Waals surface area contributed by atoms with Gasteiger partial charge >= 0.3 is 5.97 Å². The largest absolute Gasteiger partial charge is 0.468 e. The Kier molecular flexibility index (Phi) is 7.29. The van der Waals surface area contributed by atoms with Gasteiger partial charge in [0, 0.05) is 6.08 Å². The average molecular weight is 458 g/mol. The Morgan fingerprint density at radius 2 is 1.84 bits per heavy atom. The standard InChI is InChI=1S/C22H22N2O7S/c1-15-20(22(26)29-2)12-18(31-15)13-23-21(25)10-7-16-5-8-19(9-6-16)32(27,28)24-14-17-4-3-11-30-17/h3-12,24H,13-14H2,1-2H3,(H,23,25)/b10-7+. The van der Waals surface area contributed by atoms with Crippen LogP contribution in [0.25, 0.3) is 6.08 Å². The summed E-state index contributed by atoms with van der Waals surface area (Å²) in [5.41, 5.74) is 0.952. The van der Waals surface area contributed by atoms with Crippen molar-refractivity contribution in [2.24, 2.45) is 0 Å². The number of hydrogen-bond donors (Lipinski definition) is 2. The molecule has 0 bridgehead atoms. The zero-order valence-corrected chi connectivity index (χ0v) is 18.3. The minimum atomic E-state index is -3.69. The minimum absolute atomic E-state index is 0.0491. The van der Waals surface area contributed by atoms with Gasteiger partial charge < -0.3 is 18.9 Å². The summed E-state index contributed by atoms with van der Waals surface area (Å²) in [6, 6.07) is 10.9. The summed E-state index contributed by atoms with van der Waals surface area (Å²) in [4.78, 5) is 23.7. The van der Waals surface area contributed by atoms with Crippen LogP contribution >= 0.6 is 0 Å². The summed E-state index contributed by atoms with van der Waals surface area (Å²) in [6.07, 6.45) is 4.33. The molecule has 0 aliphatic carbocycles. The number of carbonyl (C=O) groups excluding carboxylic acids is 2. The number of sulfonamides is 1. The number of rotatable bonds is 9. The van der Waals surface area contributed by atoms with E-state index in [1.807, 2.05) is 0 Å². The van der Waals surface area contributed by atoms with Gasteiger partial charge in [0.1, 0.15) is 22.8 Å². The Morgan fingerprint density at radius 1 is 1.09 bits per heavy atom. The summed E-state index contributed by atoms with van der Waals surface area (Å²) >= 11 is 0. The molecule has 32 heavy (non-hydrogen) atoms. The Hall–Kier alpha value is -3.63. The van der Waals surface area contributed by atoms with Crippen LogP contribution in [0.5, 0.6) is 0 Å². The van der Waals surface area contributed by atoms with E-state index in [-0.39, 0.29) is 23.9 Å². The van der Waals surface area contributed by atoms with Gasteiger partial charge in [-0.1, -0.05) is 12.1 Å². The number of aryl methyl sites for hydroxylation is 1. The summed E-state index contributed by atoms with van der Waals surface area (Å²) in [7, 11) is -2.41. The van der Waals surface area contributed by atoms with Gasteiger partial charge in [0.2, 0.25) is 15.9 Å². The molecular formula is C22H22N2O7S. The van der Waals surface area contributed by atoms with E-state index in [2.05, 4.69) is 14.8 Å². The summed E-state index contributed by atoms with van der Waals surface area (Å²) in [5.74, 6) is 0.442. The van der Waals surface area contributed by atoms with Crippen LogP contribution in [0.2, 0.25) is 0 Å². The molecule has 2 aromatic heterocycles. The normalized spacial score (nSPS) is 11.6. The second-order valence-electron chi connectivity index (χ2n) is 6.70. The Morgan fingerprint density at radius 3 is 2.50 bits per heavy atom. The van der Waals surface area contributed by atoms with Crippen molar-refractivity contribution >= 4 is 28.0 Å². The van der Waals surface area contributed by atoms with Gasteiger partial charge in [0.05, 0.1) is 31.4 Å². The number of amides is 1. The molecule has 2 heterocycles. The lowest BCUT2D eigenvalue weighted by molar-refractivity contribution is -0.116. The van der Waals surface area contributed by atoms with Crippen molar-refractivity contribution in [1.29, 1.82) is 0 Å². The lowest BCUT2D eigenvalue weighted by Gasteiger charge is -2.05. The maximum atomic E-state index is 12.3. The molecule has 0 aliphatic heterocycles. The molecule has 0 aliphatic rings. The third-order valence-corrected chi connectivity index (χ3v) is 5.86. The zero-order chi connectivity index (χ0) is 23.1. The molecule has 3 rings (SSSR count). The first-order valence-corrected chi connectivity index (χ1v) is 11.0. The zero-order valence-electron chi connectivity index (χ0n) is 17.5. The summed E-state index contributed by atoms with van der Waals surface area (Å²) in [6.45, 7) is 1.78. The molecule has 0 saturated carbocycles. The molecule has 10 heteroatoms. The number of nitrogens with one attached hydrogen (secondary N) is 2. The second-order valence-corrected chi connectivity index (χ2v) is 8.47. The van der Waals surface area contributed by atoms with Crippen LogP contribution in [0.3, 0.4) is 0 Å². The van der Waals surface area contributed by atoms with Crippen LogP contribution in [0, 0.1) is 6.92 Å². The monoisotopic (exact) mass is 458 g/mol. The molecule has 1 amide bonds. The van der Waals surface area contributed by atoms with Gasteiger partial charge in [-0.3, -0.25) is 4.79 Å². The van der Waals surface area contributed by atoms with Crippen LogP contribution in [-0.4, -0.2) is 27.4 Å². The van der Waals surface area contributed by atoms with Crippen molar-refractivity contribution in [2.45, 2.75) is 24.9 Å². The van der Waals surface area contributed by atoms with E-state index in [1.165, 1.54) is 37.6 Å². The lowest BCUT2D eigenvalue weighted by Crippen LogP contribution is -2.22. The fourth-order valence-electron chi connectivity index (χ4n) is 2.77. The second kappa shape index (κ2) is 10.1. The Balaban J connectivity index is 1.53. The molecule has 1 aromatic carbocycles. The summed E-state index contributed by atoms with van der Waals surface area (Å²) in [5, 5.41) is 2.65. The Bertz CT molecular complexity index is 1210. The Labute approximate surface area is 185 Å². The summed E-state index contributed by atoms with van der Waals surface area (Å²) < 4.78 is 42.3. The maximum absolute atomic E-state index is 12.3. The number of esters is 1. The molecule has 2 N–H and O–H groups in total. The highest BCUT2D eigenvalue weighted by molar-refractivity contribution is 7.89. The minimum Gasteiger partial charge on any atom is -0.468 e. The topological polar surface area (TPSA) is 128 Å². The fourth-order valence-corrected chi connectivity index (χ4v) is 3.76. The third kappa shape index (κ3) is 5.96. The molecular weight excluding hydrogens is 436 g/mol.